The van der Waals surface area contributed by atoms with Gasteiger partial charge >= 0.3 is 15.6 Å². The first-order valence-corrected chi connectivity index (χ1v) is 10.5. The Balaban J connectivity index is 0. The average molecular weight is 392 g/mol. The Hall–Kier alpha value is -0.340. The van der Waals surface area contributed by atoms with E-state index < -0.39 is 15.6 Å². The lowest BCUT2D eigenvalue weighted by molar-refractivity contribution is -0.0510. The molecule has 0 spiro atoms. The van der Waals surface area contributed by atoms with Crippen molar-refractivity contribution in [1.29, 1.82) is 0 Å². The van der Waals surface area contributed by atoms with E-state index in [0.29, 0.717) is 0 Å². The van der Waals surface area contributed by atoms with Crippen LogP contribution in [0.2, 0.25) is 0 Å². The second kappa shape index (κ2) is 12.9. The maximum atomic E-state index is 10.7. The van der Waals surface area contributed by atoms with Gasteiger partial charge in [0.15, 0.2) is 0 Å². The molecule has 0 atom stereocenters. The standard InChI is InChI=1S/C16H35N.CHF3O3S/c1-5-7-9-11-13-15(16(3,4)17)14-12-10-8-6-2;2-1(3,4)8(5,6)7/h15H,5-14,17H2,1-4H3;(H,5,6,7). The summed E-state index contributed by atoms with van der Waals surface area (Å²) in [6.45, 7) is 8.96. The minimum Gasteiger partial charge on any atom is -0.325 e. The molecular weight excluding hydrogens is 355 g/mol. The van der Waals surface area contributed by atoms with Crippen molar-refractivity contribution in [3.05, 3.63) is 0 Å². The van der Waals surface area contributed by atoms with Crippen LogP contribution in [0.5, 0.6) is 0 Å². The van der Waals surface area contributed by atoms with E-state index in [1.807, 2.05) is 0 Å². The number of unbranched alkanes of at least 4 members (excludes halogenated alkanes) is 6. The van der Waals surface area contributed by atoms with Gasteiger partial charge in [-0.3, -0.25) is 4.55 Å². The summed E-state index contributed by atoms with van der Waals surface area (Å²) in [5, 5.41) is 0. The van der Waals surface area contributed by atoms with Gasteiger partial charge in [-0.15, -0.1) is 0 Å². The van der Waals surface area contributed by atoms with Gasteiger partial charge in [0.1, 0.15) is 0 Å². The summed E-state index contributed by atoms with van der Waals surface area (Å²) in [6.07, 6.45) is 13.6. The van der Waals surface area contributed by atoms with Crippen molar-refractivity contribution in [1.82, 2.24) is 0 Å². The van der Waals surface area contributed by atoms with Crippen LogP contribution in [0.4, 0.5) is 13.2 Å². The van der Waals surface area contributed by atoms with E-state index in [0.717, 1.165) is 5.92 Å². The summed E-state index contributed by atoms with van der Waals surface area (Å²) < 4.78 is 57.5. The Morgan fingerprint density at radius 1 is 0.880 bits per heavy atom. The second-order valence-electron chi connectivity index (χ2n) is 7.14. The summed E-state index contributed by atoms with van der Waals surface area (Å²) in [4.78, 5) is 0. The smallest absolute Gasteiger partial charge is 0.325 e. The normalized spacial score (nSPS) is 12.9. The minimum atomic E-state index is -5.84. The Morgan fingerprint density at radius 3 is 1.40 bits per heavy atom. The van der Waals surface area contributed by atoms with Crippen molar-refractivity contribution in [2.45, 2.75) is 103 Å². The van der Waals surface area contributed by atoms with Crippen LogP contribution in [0, 0.1) is 5.92 Å². The quantitative estimate of drug-likeness (QED) is 0.270. The average Bonchev–Trinajstić information content (AvgIpc) is 2.43. The van der Waals surface area contributed by atoms with Crippen LogP contribution in [0.25, 0.3) is 0 Å². The molecule has 0 aliphatic carbocycles. The van der Waals surface area contributed by atoms with Crippen molar-refractivity contribution in [2.24, 2.45) is 11.7 Å². The van der Waals surface area contributed by atoms with E-state index >= 15 is 0 Å². The summed E-state index contributed by atoms with van der Waals surface area (Å²) in [5.41, 5.74) is 0.787. The van der Waals surface area contributed by atoms with Crippen LogP contribution >= 0.6 is 0 Å². The fraction of sp³-hybridized carbons (Fsp3) is 1.00. The van der Waals surface area contributed by atoms with Gasteiger partial charge in [-0.25, -0.2) is 0 Å². The number of nitrogens with two attached hydrogens (primary N) is 1. The van der Waals surface area contributed by atoms with Gasteiger partial charge in [-0.2, -0.15) is 21.6 Å². The highest BCUT2D eigenvalue weighted by molar-refractivity contribution is 7.86. The maximum absolute atomic E-state index is 10.7. The molecule has 0 aromatic rings. The molecule has 0 aliphatic rings. The Kier molecular flexibility index (Phi) is 13.9. The first kappa shape index (κ1) is 26.9. The van der Waals surface area contributed by atoms with Crippen LogP contribution < -0.4 is 5.73 Å². The van der Waals surface area contributed by atoms with E-state index in [9.17, 15) is 13.2 Å². The molecule has 0 fully saturated rings. The molecule has 8 heteroatoms. The molecule has 4 nitrogen and oxygen atoms in total. The van der Waals surface area contributed by atoms with Crippen molar-refractivity contribution < 1.29 is 26.1 Å². The van der Waals surface area contributed by atoms with Crippen LogP contribution in [0.15, 0.2) is 0 Å². The Morgan fingerprint density at radius 2 is 1.20 bits per heavy atom. The zero-order valence-corrected chi connectivity index (χ0v) is 16.8. The molecule has 0 aromatic carbocycles. The summed E-state index contributed by atoms with van der Waals surface area (Å²) >= 11 is 0. The Labute approximate surface area is 151 Å². The zero-order chi connectivity index (χ0) is 20.1. The van der Waals surface area contributed by atoms with Gasteiger partial charge in [0.25, 0.3) is 0 Å². The van der Waals surface area contributed by atoms with E-state index in [1.54, 1.807) is 0 Å². The summed E-state index contributed by atoms with van der Waals surface area (Å²) in [6, 6.07) is 0. The summed E-state index contributed by atoms with van der Waals surface area (Å²) in [5.74, 6) is 0.719. The highest BCUT2D eigenvalue weighted by Gasteiger charge is 2.44. The van der Waals surface area contributed by atoms with Gasteiger partial charge in [0.05, 0.1) is 0 Å². The SMILES string of the molecule is CCCCCCC(CCCCCC)C(C)(C)N.O=S(=O)(O)C(F)(F)F. The molecule has 0 amide bonds. The highest BCUT2D eigenvalue weighted by Crippen LogP contribution is 2.26. The lowest BCUT2D eigenvalue weighted by Crippen LogP contribution is -2.40. The Bertz CT molecular complexity index is 406. The van der Waals surface area contributed by atoms with Crippen molar-refractivity contribution in [2.75, 3.05) is 0 Å². The molecular formula is C17H36F3NO3S. The molecule has 0 aliphatic heterocycles. The molecule has 0 heterocycles. The molecule has 0 radical (unpaired) electrons. The largest absolute Gasteiger partial charge is 0.522 e. The fourth-order valence-electron chi connectivity index (χ4n) is 2.52. The molecule has 0 saturated heterocycles. The molecule has 0 rings (SSSR count). The van der Waals surface area contributed by atoms with E-state index in [1.165, 1.54) is 64.2 Å². The van der Waals surface area contributed by atoms with E-state index in [4.69, 9.17) is 18.7 Å². The number of rotatable bonds is 11. The number of hydrogen-bond donors (Lipinski definition) is 2. The van der Waals surface area contributed by atoms with Gasteiger partial charge < -0.3 is 5.73 Å². The first-order valence-electron chi connectivity index (χ1n) is 9.10. The van der Waals surface area contributed by atoms with Crippen molar-refractivity contribution >= 4 is 10.1 Å². The molecule has 0 aromatic heterocycles. The third-order valence-electron chi connectivity index (χ3n) is 4.16. The molecule has 3 N–H and O–H groups in total. The highest BCUT2D eigenvalue weighted by atomic mass is 32.2. The molecule has 0 bridgehead atoms. The zero-order valence-electron chi connectivity index (χ0n) is 16.0. The molecule has 0 saturated carbocycles. The van der Waals surface area contributed by atoms with Crippen molar-refractivity contribution in [3.63, 3.8) is 0 Å². The van der Waals surface area contributed by atoms with Crippen LogP contribution in [-0.4, -0.2) is 24.0 Å². The first-order chi connectivity index (χ1) is 11.3. The molecule has 154 valence electrons. The van der Waals surface area contributed by atoms with Gasteiger partial charge in [-0.1, -0.05) is 65.2 Å². The van der Waals surface area contributed by atoms with Crippen LogP contribution in [0.1, 0.15) is 91.9 Å². The van der Waals surface area contributed by atoms with Crippen LogP contribution in [0.3, 0.4) is 0 Å². The monoisotopic (exact) mass is 391 g/mol. The number of halogens is 3. The minimum absolute atomic E-state index is 0.0123. The molecule has 0 unspecified atom stereocenters. The van der Waals surface area contributed by atoms with Gasteiger partial charge in [0.2, 0.25) is 0 Å². The van der Waals surface area contributed by atoms with Crippen molar-refractivity contribution in [3.8, 4) is 0 Å². The van der Waals surface area contributed by atoms with E-state index in [-0.39, 0.29) is 5.54 Å². The second-order valence-corrected chi connectivity index (χ2v) is 8.55. The van der Waals surface area contributed by atoms with E-state index in [2.05, 4.69) is 27.7 Å². The maximum Gasteiger partial charge on any atom is 0.522 e. The summed E-state index contributed by atoms with van der Waals surface area (Å²) in [7, 11) is -5.84. The lowest BCUT2D eigenvalue weighted by Gasteiger charge is -2.31. The van der Waals surface area contributed by atoms with Gasteiger partial charge in [0, 0.05) is 5.54 Å². The van der Waals surface area contributed by atoms with Crippen LogP contribution in [-0.2, 0) is 10.1 Å². The number of hydrogen-bond acceptors (Lipinski definition) is 3. The predicted octanol–water partition coefficient (Wildman–Crippen LogP) is 5.67. The number of alkyl halides is 3. The predicted molar refractivity (Wildman–Crippen MR) is 96.9 cm³/mol. The third kappa shape index (κ3) is 15.6. The molecule has 25 heavy (non-hydrogen) atoms. The fourth-order valence-corrected chi connectivity index (χ4v) is 2.52. The third-order valence-corrected chi connectivity index (χ3v) is 4.74. The lowest BCUT2D eigenvalue weighted by atomic mass is 9.80. The van der Waals surface area contributed by atoms with Gasteiger partial charge in [-0.05, 0) is 32.6 Å². The topological polar surface area (TPSA) is 80.4 Å².